The maximum Gasteiger partial charge on any atom is 0.250 e. The molecule has 1 amide bonds. The van der Waals surface area contributed by atoms with E-state index in [0.717, 1.165) is 16.7 Å². The van der Waals surface area contributed by atoms with E-state index < -0.39 is 34.9 Å². The molecular formula is C38H57NO6Si2. The van der Waals surface area contributed by atoms with Gasteiger partial charge in [0, 0.05) is 13.0 Å². The zero-order valence-electron chi connectivity index (χ0n) is 30.3. The molecule has 0 aliphatic carbocycles. The third kappa shape index (κ3) is 10.8. The van der Waals surface area contributed by atoms with E-state index >= 15 is 0 Å². The molecule has 0 aromatic heterocycles. The predicted octanol–water partition coefficient (Wildman–Crippen LogP) is 8.27. The van der Waals surface area contributed by atoms with E-state index in [0.29, 0.717) is 24.7 Å². The summed E-state index contributed by atoms with van der Waals surface area (Å²) in [5, 5.41) is 14.8. The lowest BCUT2D eigenvalue weighted by molar-refractivity contribution is -0.138. The fourth-order valence-electron chi connectivity index (χ4n) is 4.56. The van der Waals surface area contributed by atoms with Crippen molar-refractivity contribution in [2.24, 2.45) is 0 Å². The van der Waals surface area contributed by atoms with Gasteiger partial charge in [-0.15, -0.1) is 0 Å². The van der Waals surface area contributed by atoms with Gasteiger partial charge in [0.15, 0.2) is 34.2 Å². The number of hydrogen-bond acceptors (Lipinski definition) is 6. The minimum Gasteiger partial charge on any atom is -0.493 e. The second-order valence-electron chi connectivity index (χ2n) is 15.4. The normalized spacial score (nSPS) is 14.6. The Kier molecular flexibility index (Phi) is 13.1. The van der Waals surface area contributed by atoms with Crippen LogP contribution in [0.25, 0.3) is 0 Å². The van der Waals surface area contributed by atoms with Crippen molar-refractivity contribution in [3.63, 3.8) is 0 Å². The first-order chi connectivity index (χ1) is 21.8. The molecule has 258 valence electrons. The Morgan fingerprint density at radius 1 is 0.745 bits per heavy atom. The largest absolute Gasteiger partial charge is 0.493 e. The third-order valence-electron chi connectivity index (χ3n) is 9.62. The van der Waals surface area contributed by atoms with Crippen molar-refractivity contribution >= 4 is 22.5 Å². The van der Waals surface area contributed by atoms with E-state index in [1.165, 1.54) is 0 Å². The van der Waals surface area contributed by atoms with Crippen molar-refractivity contribution < 1.29 is 28.2 Å². The van der Waals surface area contributed by atoms with Crippen LogP contribution in [0.1, 0.15) is 58.2 Å². The fraction of sp³-hybridized carbons (Fsp3) is 0.500. The second-order valence-corrected chi connectivity index (χ2v) is 24.9. The fourth-order valence-corrected chi connectivity index (χ4v) is 7.10. The van der Waals surface area contributed by atoms with Crippen LogP contribution < -0.4 is 14.8 Å². The molecule has 0 fully saturated rings. The smallest absolute Gasteiger partial charge is 0.250 e. The summed E-state index contributed by atoms with van der Waals surface area (Å²) in [6.07, 6.45) is -2.72. The van der Waals surface area contributed by atoms with Crippen LogP contribution in [-0.4, -0.2) is 53.1 Å². The van der Waals surface area contributed by atoms with Crippen molar-refractivity contribution in [2.45, 2.75) is 116 Å². The number of nitrogens with one attached hydrogen (secondary N) is 1. The van der Waals surface area contributed by atoms with E-state index in [1.807, 2.05) is 78.9 Å². The number of aliphatic hydroxyl groups excluding tert-OH is 1. The molecule has 0 heterocycles. The molecule has 2 N–H and O–H groups in total. The van der Waals surface area contributed by atoms with Crippen LogP contribution in [0, 0.1) is 0 Å². The van der Waals surface area contributed by atoms with Crippen LogP contribution in [0.2, 0.25) is 36.3 Å². The number of hydrogen-bond donors (Lipinski definition) is 2. The molecule has 7 nitrogen and oxygen atoms in total. The summed E-state index contributed by atoms with van der Waals surface area (Å²) in [6, 6.07) is 25.4. The molecule has 0 unspecified atom stereocenters. The van der Waals surface area contributed by atoms with E-state index in [2.05, 4.69) is 73.0 Å². The summed E-state index contributed by atoms with van der Waals surface area (Å²) >= 11 is 0. The third-order valence-corrected chi connectivity index (χ3v) is 18.5. The molecule has 3 aromatic carbocycles. The molecule has 0 spiro atoms. The first-order valence-corrected chi connectivity index (χ1v) is 22.4. The van der Waals surface area contributed by atoms with Crippen molar-refractivity contribution in [3.05, 3.63) is 95.6 Å². The lowest BCUT2D eigenvalue weighted by atomic mass is 9.99. The Balaban J connectivity index is 1.97. The van der Waals surface area contributed by atoms with Gasteiger partial charge in [-0.2, -0.15) is 0 Å². The summed E-state index contributed by atoms with van der Waals surface area (Å²) in [6.45, 7) is 22.2. The highest BCUT2D eigenvalue weighted by atomic mass is 28.4. The summed E-state index contributed by atoms with van der Waals surface area (Å²) in [7, 11) is -3.37. The molecule has 0 saturated carbocycles. The van der Waals surface area contributed by atoms with Gasteiger partial charge in [-0.3, -0.25) is 4.79 Å². The summed E-state index contributed by atoms with van der Waals surface area (Å²) < 4.78 is 25.6. The minimum absolute atomic E-state index is 0.159. The first kappa shape index (κ1) is 38.5. The van der Waals surface area contributed by atoms with Crippen molar-refractivity contribution in [1.82, 2.24) is 5.32 Å². The molecule has 3 aromatic rings. The number of carbonyl (C=O) groups is 1. The Morgan fingerprint density at radius 3 is 1.81 bits per heavy atom. The number of aliphatic hydroxyl groups is 1. The Morgan fingerprint density at radius 2 is 1.28 bits per heavy atom. The van der Waals surface area contributed by atoms with E-state index in [4.69, 9.17) is 18.3 Å². The van der Waals surface area contributed by atoms with Crippen molar-refractivity contribution in [3.8, 4) is 11.5 Å². The van der Waals surface area contributed by atoms with Gasteiger partial charge < -0.3 is 28.7 Å². The van der Waals surface area contributed by atoms with Crippen molar-refractivity contribution in [2.75, 3.05) is 7.11 Å². The van der Waals surface area contributed by atoms with E-state index in [-0.39, 0.29) is 22.4 Å². The molecule has 9 heteroatoms. The van der Waals surface area contributed by atoms with Gasteiger partial charge in [-0.1, -0.05) is 108 Å². The molecule has 3 rings (SSSR count). The van der Waals surface area contributed by atoms with Gasteiger partial charge in [0.25, 0.3) is 5.91 Å². The Hall–Kier alpha value is -2.96. The lowest BCUT2D eigenvalue weighted by Gasteiger charge is -2.45. The van der Waals surface area contributed by atoms with E-state index in [9.17, 15) is 9.90 Å². The molecule has 3 atom stereocenters. The number of methoxy groups -OCH3 is 1. The van der Waals surface area contributed by atoms with Crippen LogP contribution in [0.3, 0.4) is 0 Å². The maximum atomic E-state index is 14.2. The Labute approximate surface area is 285 Å². The highest BCUT2D eigenvalue weighted by Crippen LogP contribution is 2.41. The van der Waals surface area contributed by atoms with Gasteiger partial charge in [-0.05, 0) is 65.1 Å². The van der Waals surface area contributed by atoms with Gasteiger partial charge in [-0.25, -0.2) is 0 Å². The van der Waals surface area contributed by atoms with E-state index in [1.54, 1.807) is 7.11 Å². The molecule has 47 heavy (non-hydrogen) atoms. The summed E-state index contributed by atoms with van der Waals surface area (Å²) in [5.41, 5.74) is 2.87. The quantitative estimate of drug-likeness (QED) is 0.157. The number of benzene rings is 3. The van der Waals surface area contributed by atoms with Crippen LogP contribution in [0.15, 0.2) is 78.9 Å². The summed E-state index contributed by atoms with van der Waals surface area (Å²) in [5.74, 6) is 0.897. The van der Waals surface area contributed by atoms with Crippen molar-refractivity contribution in [1.29, 1.82) is 0 Å². The van der Waals surface area contributed by atoms with Crippen LogP contribution >= 0.6 is 0 Å². The Bertz CT molecular complexity index is 1420. The standard InChI is InChI=1S/C38H57NO6Si2/c1-37(2,3)46(8,9)44-34(35(45-47(10,11)38(4,5)6)36(41)39-26-28-18-14-12-15-19-28)31(40)24-30-22-23-32(33(25-30)42-7)43-27-29-20-16-13-17-21-29/h12-23,25,31,34-35,40H,24,26-27H2,1-11H3,(H,39,41)/t31-,34-,35+/m0/s1. The molecule has 0 bridgehead atoms. The topological polar surface area (TPSA) is 86.3 Å². The average molecular weight is 680 g/mol. The minimum atomic E-state index is -2.49. The summed E-state index contributed by atoms with van der Waals surface area (Å²) in [4.78, 5) is 14.2. The lowest BCUT2D eigenvalue weighted by Crippen LogP contribution is -2.59. The van der Waals surface area contributed by atoms with Gasteiger partial charge in [0.2, 0.25) is 0 Å². The number of carbonyl (C=O) groups excluding carboxylic acids is 1. The van der Waals surface area contributed by atoms with Crippen LogP contribution in [-0.2, 0) is 33.2 Å². The molecular weight excluding hydrogens is 623 g/mol. The zero-order valence-corrected chi connectivity index (χ0v) is 32.3. The van der Waals surface area contributed by atoms with Gasteiger partial charge in [0.05, 0.1) is 13.2 Å². The predicted molar refractivity (Wildman–Crippen MR) is 196 cm³/mol. The molecule has 0 aliphatic rings. The average Bonchev–Trinajstić information content (AvgIpc) is 3.00. The zero-order chi connectivity index (χ0) is 35.0. The maximum absolute atomic E-state index is 14.2. The highest BCUT2D eigenvalue weighted by Gasteiger charge is 2.48. The van der Waals surface area contributed by atoms with Gasteiger partial charge >= 0.3 is 0 Å². The SMILES string of the molecule is COc1cc(C[C@H](O)[C@H](O[Si](C)(C)C(C)(C)C)[C@@H](O[Si](C)(C)C(C)(C)C)C(=O)NCc2ccccc2)ccc1OCc1ccccc1. The molecule has 0 aliphatic heterocycles. The monoisotopic (exact) mass is 679 g/mol. The number of rotatable bonds is 15. The highest BCUT2D eigenvalue weighted by molar-refractivity contribution is 6.74. The van der Waals surface area contributed by atoms with Crippen LogP contribution in [0.5, 0.6) is 11.5 Å². The second kappa shape index (κ2) is 16.0. The number of ether oxygens (including phenoxy) is 2. The molecule has 0 radical (unpaired) electrons. The van der Waals surface area contributed by atoms with Gasteiger partial charge in [0.1, 0.15) is 12.7 Å². The molecule has 0 saturated heterocycles. The first-order valence-electron chi connectivity index (χ1n) is 16.5. The van der Waals surface area contributed by atoms with Crippen LogP contribution in [0.4, 0.5) is 0 Å². The number of amides is 1.